The molecular weight excluding hydrogens is 537 g/mol. The van der Waals surface area contributed by atoms with Gasteiger partial charge in [-0.05, 0) is 62.9 Å². The smallest absolute Gasteiger partial charge is 0.273 e. The maximum absolute atomic E-state index is 12.4. The highest BCUT2D eigenvalue weighted by molar-refractivity contribution is 6.32. The monoisotopic (exact) mass is 577 g/mol. The minimum absolute atomic E-state index is 0.00409. The molecule has 3 heterocycles. The Balaban J connectivity index is 1.34. The quantitative estimate of drug-likeness (QED) is 0.346. The van der Waals surface area contributed by atoms with Gasteiger partial charge in [0.05, 0.1) is 0 Å². The van der Waals surface area contributed by atoms with Crippen molar-refractivity contribution < 1.29 is 19.0 Å². The molecule has 2 aliphatic heterocycles. The second-order valence-corrected chi connectivity index (χ2v) is 10.8. The lowest BCUT2D eigenvalue weighted by Gasteiger charge is -2.45. The van der Waals surface area contributed by atoms with E-state index in [1.807, 2.05) is 24.3 Å². The van der Waals surface area contributed by atoms with Crippen LogP contribution in [0.15, 0.2) is 24.3 Å². The first-order valence-electron chi connectivity index (χ1n) is 14.2. The highest BCUT2D eigenvalue weighted by atomic mass is 35.5. The molecule has 1 amide bonds. The summed E-state index contributed by atoms with van der Waals surface area (Å²) in [5.41, 5.74) is 7.32. The molecule has 0 saturated carbocycles. The number of piperazine rings is 1. The molecule has 4 N–H and O–H groups in total. The summed E-state index contributed by atoms with van der Waals surface area (Å²) in [6.45, 7) is 7.06. The van der Waals surface area contributed by atoms with Crippen molar-refractivity contribution in [1.29, 1.82) is 0 Å². The van der Waals surface area contributed by atoms with Crippen molar-refractivity contribution in [3.63, 3.8) is 0 Å². The predicted octanol–water partition coefficient (Wildman–Crippen LogP) is 3.09. The fourth-order valence-corrected chi connectivity index (χ4v) is 5.94. The van der Waals surface area contributed by atoms with Crippen LogP contribution in [0, 0.1) is 0 Å². The van der Waals surface area contributed by atoms with E-state index in [9.17, 15) is 9.18 Å². The molecule has 1 aromatic heterocycles. The van der Waals surface area contributed by atoms with Crippen LogP contribution < -0.4 is 20.7 Å². The maximum atomic E-state index is 12.4. The number of hydrogen-bond acceptors (Lipinski definition) is 9. The van der Waals surface area contributed by atoms with Crippen LogP contribution in [0.1, 0.15) is 55.1 Å². The number of benzene rings is 1. The van der Waals surface area contributed by atoms with Crippen LogP contribution >= 0.6 is 11.6 Å². The van der Waals surface area contributed by atoms with Crippen molar-refractivity contribution in [3.8, 4) is 5.75 Å². The van der Waals surface area contributed by atoms with E-state index < -0.39 is 12.8 Å². The summed E-state index contributed by atoms with van der Waals surface area (Å²) in [6.07, 6.45) is 4.84. The summed E-state index contributed by atoms with van der Waals surface area (Å²) < 4.78 is 17.3. The van der Waals surface area contributed by atoms with Gasteiger partial charge in [0.1, 0.15) is 5.75 Å². The first-order valence-corrected chi connectivity index (χ1v) is 14.5. The van der Waals surface area contributed by atoms with E-state index in [-0.39, 0.29) is 23.3 Å². The van der Waals surface area contributed by atoms with E-state index in [0.29, 0.717) is 36.6 Å². The average molecular weight is 578 g/mol. The Kier molecular flexibility index (Phi) is 11.2. The Morgan fingerprint density at radius 3 is 2.73 bits per heavy atom. The van der Waals surface area contributed by atoms with Crippen LogP contribution in [0.4, 0.5) is 16.0 Å². The van der Waals surface area contributed by atoms with Gasteiger partial charge < -0.3 is 25.8 Å². The topological polar surface area (TPSA) is 120 Å². The number of carbonyl (C=O) groups is 1. The Morgan fingerprint density at radius 2 is 2.00 bits per heavy atom. The second-order valence-electron chi connectivity index (χ2n) is 10.4. The number of amides is 1. The Labute approximate surface area is 240 Å². The summed E-state index contributed by atoms with van der Waals surface area (Å²) in [6, 6.07) is 8.52. The summed E-state index contributed by atoms with van der Waals surface area (Å²) in [4.78, 5) is 28.4. The Hall–Kier alpha value is -2.73. The number of rotatable bonds is 11. The van der Waals surface area contributed by atoms with Gasteiger partial charge in [-0.25, -0.2) is 14.4 Å². The van der Waals surface area contributed by atoms with Gasteiger partial charge in [0.2, 0.25) is 6.86 Å². The number of anilines is 2. The number of nitrogens with one attached hydrogen (secondary N) is 1. The van der Waals surface area contributed by atoms with Crippen molar-refractivity contribution in [2.24, 2.45) is 0 Å². The van der Waals surface area contributed by atoms with E-state index in [0.717, 1.165) is 65.0 Å². The Bertz CT molecular complexity index is 1110. The van der Waals surface area contributed by atoms with Gasteiger partial charge in [-0.2, -0.15) is 0 Å². The molecule has 4 rings (SSSR count). The highest BCUT2D eigenvalue weighted by Crippen LogP contribution is 2.30. The zero-order chi connectivity index (χ0) is 28.5. The molecule has 10 nitrogen and oxygen atoms in total. The van der Waals surface area contributed by atoms with Crippen molar-refractivity contribution in [3.05, 3.63) is 40.7 Å². The lowest BCUT2D eigenvalue weighted by Crippen LogP contribution is -2.56. The molecular formula is C28H41ClFN7O3. The normalized spacial score (nSPS) is 20.8. The SMILES string of the molecule is CCC1CN(c2nc(N)c(C(=O)NCCCO)nc2Cl)CCN1C1CCCN(Cc2ccc(OCF)cc2)CC1. The van der Waals surface area contributed by atoms with E-state index in [1.54, 1.807) is 0 Å². The number of nitrogens with two attached hydrogens (primary N) is 1. The number of aliphatic hydroxyl groups excluding tert-OH is 1. The molecule has 0 bridgehead atoms. The third kappa shape index (κ3) is 7.72. The molecule has 2 aliphatic rings. The van der Waals surface area contributed by atoms with Crippen LogP contribution in [0.5, 0.6) is 5.75 Å². The minimum atomic E-state index is -0.813. The van der Waals surface area contributed by atoms with Crippen molar-refractivity contribution in [2.45, 2.75) is 57.7 Å². The lowest BCUT2D eigenvalue weighted by molar-refractivity contribution is 0.0946. The number of halogens is 2. The first-order chi connectivity index (χ1) is 19.4. The van der Waals surface area contributed by atoms with Gasteiger partial charge in [-0.15, -0.1) is 0 Å². The molecule has 1 aromatic carbocycles. The minimum Gasteiger partial charge on any atom is -0.463 e. The fourth-order valence-electron chi connectivity index (χ4n) is 5.70. The van der Waals surface area contributed by atoms with E-state index in [2.05, 4.69) is 36.9 Å². The lowest BCUT2D eigenvalue weighted by atomic mass is 10.0. The number of alkyl halides is 1. The molecule has 2 unspecified atom stereocenters. The van der Waals surface area contributed by atoms with E-state index in [4.69, 9.17) is 27.2 Å². The first kappa shape index (κ1) is 30.2. The Morgan fingerprint density at radius 1 is 1.20 bits per heavy atom. The fraction of sp³-hybridized carbons (Fsp3) is 0.607. The standard InChI is InChI=1S/C28H41ClFN7O3/c1-2-21-18-36(27-25(29)33-24(26(31)34-27)28(39)32-11-4-16-38)14-15-37(21)22-5-3-12-35(13-10-22)17-20-6-8-23(9-7-20)40-19-30/h6-9,21-22,38H,2-5,10-19H2,1H3,(H2,31,34)(H,32,39). The summed E-state index contributed by atoms with van der Waals surface area (Å²) >= 11 is 6.51. The molecule has 0 spiro atoms. The third-order valence-electron chi connectivity index (χ3n) is 7.81. The molecule has 0 radical (unpaired) electrons. The molecule has 12 heteroatoms. The number of carbonyl (C=O) groups excluding carboxylic acids is 1. The largest absolute Gasteiger partial charge is 0.463 e. The average Bonchev–Trinajstić information content (AvgIpc) is 3.20. The number of likely N-dealkylation sites (tertiary alicyclic amines) is 1. The zero-order valence-electron chi connectivity index (χ0n) is 23.2. The van der Waals surface area contributed by atoms with Gasteiger partial charge in [-0.3, -0.25) is 14.6 Å². The molecule has 0 aliphatic carbocycles. The van der Waals surface area contributed by atoms with Gasteiger partial charge in [0, 0.05) is 51.4 Å². The number of aromatic nitrogens is 2. The van der Waals surface area contributed by atoms with Gasteiger partial charge in [0.15, 0.2) is 22.5 Å². The van der Waals surface area contributed by atoms with Crippen LogP contribution in [-0.4, -0.2) is 95.6 Å². The van der Waals surface area contributed by atoms with Crippen LogP contribution in [0.3, 0.4) is 0 Å². The molecule has 2 atom stereocenters. The zero-order valence-corrected chi connectivity index (χ0v) is 24.0. The number of nitrogen functional groups attached to an aromatic ring is 1. The number of aliphatic hydroxyl groups is 1. The van der Waals surface area contributed by atoms with Crippen LogP contribution in [0.25, 0.3) is 0 Å². The van der Waals surface area contributed by atoms with Gasteiger partial charge in [0.25, 0.3) is 5.91 Å². The molecule has 40 heavy (non-hydrogen) atoms. The molecule has 2 fully saturated rings. The van der Waals surface area contributed by atoms with Crippen LogP contribution in [-0.2, 0) is 6.54 Å². The maximum Gasteiger partial charge on any atom is 0.273 e. The highest BCUT2D eigenvalue weighted by Gasteiger charge is 2.34. The molecule has 2 saturated heterocycles. The summed E-state index contributed by atoms with van der Waals surface area (Å²) in [7, 11) is 0. The summed E-state index contributed by atoms with van der Waals surface area (Å²) in [5, 5.41) is 11.8. The second kappa shape index (κ2) is 14.8. The third-order valence-corrected chi connectivity index (χ3v) is 8.06. The number of hydrogen-bond donors (Lipinski definition) is 3. The molecule has 2 aromatic rings. The molecule has 220 valence electrons. The number of nitrogens with zero attached hydrogens (tertiary/aromatic N) is 5. The van der Waals surface area contributed by atoms with E-state index in [1.165, 1.54) is 5.56 Å². The van der Waals surface area contributed by atoms with Gasteiger partial charge >= 0.3 is 0 Å². The van der Waals surface area contributed by atoms with E-state index >= 15 is 0 Å². The van der Waals surface area contributed by atoms with Crippen molar-refractivity contribution in [2.75, 3.05) is 63.4 Å². The number of ether oxygens (including phenoxy) is 1. The van der Waals surface area contributed by atoms with Crippen molar-refractivity contribution in [1.82, 2.24) is 25.1 Å². The summed E-state index contributed by atoms with van der Waals surface area (Å²) in [5.74, 6) is 0.662. The predicted molar refractivity (Wildman–Crippen MR) is 154 cm³/mol. The van der Waals surface area contributed by atoms with Crippen molar-refractivity contribution >= 4 is 29.1 Å². The van der Waals surface area contributed by atoms with Gasteiger partial charge in [-0.1, -0.05) is 30.7 Å². The van der Waals surface area contributed by atoms with Crippen LogP contribution in [0.2, 0.25) is 5.15 Å².